The van der Waals surface area contributed by atoms with Crippen LogP contribution in [0.1, 0.15) is 79.0 Å². The molecule has 6 rings (SSSR count). The molecule has 8 nitrogen and oxygen atoms in total. The Kier molecular flexibility index (Phi) is 5.59. The van der Waals surface area contributed by atoms with E-state index in [-0.39, 0.29) is 55.3 Å². The molecule has 3 aliphatic rings. The number of nitrogens with one attached hydrogen (secondary N) is 1. The number of aromatic nitrogens is 2. The number of aliphatic hydroxyl groups excluding tert-OH is 1. The number of hydrogen-bond acceptors (Lipinski definition) is 6. The van der Waals surface area contributed by atoms with E-state index in [0.717, 1.165) is 22.1 Å². The first kappa shape index (κ1) is 24.9. The molecule has 1 amide bonds. The summed E-state index contributed by atoms with van der Waals surface area (Å²) in [5.74, 6) is -0.963. The molecule has 0 saturated heterocycles. The molecule has 2 aliphatic carbocycles. The van der Waals surface area contributed by atoms with Gasteiger partial charge in [0.1, 0.15) is 11.4 Å². The molecule has 1 aromatic carbocycles. The summed E-state index contributed by atoms with van der Waals surface area (Å²) in [6.45, 7) is 5.24. The van der Waals surface area contributed by atoms with Gasteiger partial charge in [-0.2, -0.15) is 0 Å². The normalized spacial score (nSPS) is 22.2. The summed E-state index contributed by atoms with van der Waals surface area (Å²) >= 11 is 0. The predicted octanol–water partition coefficient (Wildman–Crippen LogP) is 2.86. The molecular formula is C29H30FN3O5. The Balaban J connectivity index is 1.61. The summed E-state index contributed by atoms with van der Waals surface area (Å²) in [4.78, 5) is 43.9. The standard InChI is InChI=1S/C29H30FN3O5/c1-4-29(38)18-10-22-27-17(12-33(22)28(37)16(18)6-8-23(29)35)26-20(31-24(36)9-13(2)34)7-5-15-14(3)19(30)11-21(32-27)25(15)26/h10-11,13,20,34,38H,4-9,12H2,1-3H3,(H,31,36)/t13-,20-,29-/m0/s1. The average Bonchev–Trinajstić information content (AvgIpc) is 3.24. The first-order chi connectivity index (χ1) is 18.0. The third-order valence-electron chi connectivity index (χ3n) is 8.57. The highest BCUT2D eigenvalue weighted by molar-refractivity contribution is 5.94. The van der Waals surface area contributed by atoms with Gasteiger partial charge in [-0.3, -0.25) is 14.4 Å². The van der Waals surface area contributed by atoms with Gasteiger partial charge in [-0.15, -0.1) is 0 Å². The van der Waals surface area contributed by atoms with Gasteiger partial charge in [0.2, 0.25) is 5.91 Å². The summed E-state index contributed by atoms with van der Waals surface area (Å²) in [5.41, 5.74) is 3.16. The van der Waals surface area contributed by atoms with Crippen molar-refractivity contribution in [1.29, 1.82) is 0 Å². The van der Waals surface area contributed by atoms with Crippen LogP contribution in [0.4, 0.5) is 4.39 Å². The number of aliphatic hydroxyl groups is 2. The van der Waals surface area contributed by atoms with Crippen molar-refractivity contribution >= 4 is 22.6 Å². The number of aryl methyl sites for hydroxylation is 1. The van der Waals surface area contributed by atoms with Crippen LogP contribution in [-0.4, -0.2) is 37.6 Å². The third kappa shape index (κ3) is 3.41. The Labute approximate surface area is 218 Å². The van der Waals surface area contributed by atoms with E-state index >= 15 is 0 Å². The molecule has 3 N–H and O–H groups in total. The highest BCUT2D eigenvalue weighted by Crippen LogP contribution is 2.46. The molecule has 0 fully saturated rings. The van der Waals surface area contributed by atoms with Gasteiger partial charge in [0.05, 0.1) is 42.0 Å². The number of Topliss-reactive ketones (excluding diaryl/α,β-unsaturated/α-hetero) is 1. The first-order valence-electron chi connectivity index (χ1n) is 13.2. The second-order valence-corrected chi connectivity index (χ2v) is 10.9. The maximum Gasteiger partial charge on any atom is 0.254 e. The van der Waals surface area contributed by atoms with E-state index < -0.39 is 17.7 Å². The van der Waals surface area contributed by atoms with E-state index in [1.165, 1.54) is 6.07 Å². The Bertz CT molecular complexity index is 1630. The smallest absolute Gasteiger partial charge is 0.254 e. The lowest BCUT2D eigenvalue weighted by Crippen LogP contribution is -2.43. The van der Waals surface area contributed by atoms with Crippen LogP contribution in [0, 0.1) is 12.7 Å². The second-order valence-electron chi connectivity index (χ2n) is 10.9. The minimum atomic E-state index is -1.73. The van der Waals surface area contributed by atoms with Gasteiger partial charge in [-0.25, -0.2) is 9.37 Å². The van der Waals surface area contributed by atoms with Gasteiger partial charge in [0.15, 0.2) is 5.78 Å². The van der Waals surface area contributed by atoms with Crippen LogP contribution in [0.5, 0.6) is 0 Å². The van der Waals surface area contributed by atoms with E-state index in [0.29, 0.717) is 46.4 Å². The van der Waals surface area contributed by atoms with Crippen LogP contribution in [0.3, 0.4) is 0 Å². The maximum absolute atomic E-state index is 15.0. The predicted molar refractivity (Wildman–Crippen MR) is 138 cm³/mol. The number of halogens is 1. The molecule has 0 saturated carbocycles. The Morgan fingerprint density at radius 3 is 2.71 bits per heavy atom. The Morgan fingerprint density at radius 2 is 2.00 bits per heavy atom. The number of nitrogens with zero attached hydrogens (tertiary/aromatic N) is 2. The van der Waals surface area contributed by atoms with E-state index in [2.05, 4.69) is 5.32 Å². The summed E-state index contributed by atoms with van der Waals surface area (Å²) in [6.07, 6.45) is 0.778. The molecule has 3 heterocycles. The van der Waals surface area contributed by atoms with Crippen molar-refractivity contribution in [1.82, 2.24) is 14.9 Å². The number of pyridine rings is 2. The van der Waals surface area contributed by atoms with Crippen LogP contribution in [-0.2, 0) is 34.6 Å². The molecule has 0 radical (unpaired) electrons. The molecule has 0 bridgehead atoms. The summed E-state index contributed by atoms with van der Waals surface area (Å²) in [7, 11) is 0. The lowest BCUT2D eigenvalue weighted by Gasteiger charge is -2.32. The van der Waals surface area contributed by atoms with Gasteiger partial charge in [0, 0.05) is 34.6 Å². The van der Waals surface area contributed by atoms with Crippen LogP contribution >= 0.6 is 0 Å². The van der Waals surface area contributed by atoms with E-state index in [1.54, 1.807) is 31.4 Å². The lowest BCUT2D eigenvalue weighted by atomic mass is 9.77. The minimum Gasteiger partial charge on any atom is -0.393 e. The molecule has 198 valence electrons. The lowest BCUT2D eigenvalue weighted by molar-refractivity contribution is -0.140. The van der Waals surface area contributed by atoms with Gasteiger partial charge in [-0.05, 0) is 62.3 Å². The van der Waals surface area contributed by atoms with Crippen molar-refractivity contribution in [3.8, 4) is 11.4 Å². The van der Waals surface area contributed by atoms with E-state index in [9.17, 15) is 29.0 Å². The summed E-state index contributed by atoms with van der Waals surface area (Å²) in [5, 5.41) is 24.8. The number of hydrogen-bond donors (Lipinski definition) is 3. The molecule has 3 aromatic rings. The number of rotatable bonds is 4. The van der Waals surface area contributed by atoms with Crippen molar-refractivity contribution in [3.05, 3.63) is 61.7 Å². The maximum atomic E-state index is 15.0. The Morgan fingerprint density at radius 1 is 1.24 bits per heavy atom. The molecule has 2 aromatic heterocycles. The van der Waals surface area contributed by atoms with Gasteiger partial charge < -0.3 is 20.1 Å². The summed E-state index contributed by atoms with van der Waals surface area (Å²) in [6, 6.07) is 2.69. The number of carbonyl (C=O) groups excluding carboxylic acids is 2. The largest absolute Gasteiger partial charge is 0.393 e. The number of amides is 1. The fourth-order valence-electron chi connectivity index (χ4n) is 6.60. The van der Waals surface area contributed by atoms with Crippen molar-refractivity contribution in [3.63, 3.8) is 0 Å². The molecule has 38 heavy (non-hydrogen) atoms. The van der Waals surface area contributed by atoms with Crippen molar-refractivity contribution in [2.75, 3.05) is 0 Å². The van der Waals surface area contributed by atoms with Gasteiger partial charge >= 0.3 is 0 Å². The molecular weight excluding hydrogens is 489 g/mol. The van der Waals surface area contributed by atoms with Crippen molar-refractivity contribution in [2.45, 2.75) is 83.6 Å². The minimum absolute atomic E-state index is 0.0434. The number of benzene rings is 1. The number of ketones is 1. The van der Waals surface area contributed by atoms with Crippen LogP contribution in [0.15, 0.2) is 16.9 Å². The van der Waals surface area contributed by atoms with Crippen molar-refractivity contribution < 1.29 is 24.2 Å². The first-order valence-corrected chi connectivity index (χ1v) is 13.2. The molecule has 1 aliphatic heterocycles. The van der Waals surface area contributed by atoms with Crippen LogP contribution in [0.2, 0.25) is 0 Å². The highest BCUT2D eigenvalue weighted by atomic mass is 19.1. The van der Waals surface area contributed by atoms with E-state index in [1.807, 2.05) is 0 Å². The second kappa shape index (κ2) is 8.54. The highest BCUT2D eigenvalue weighted by Gasteiger charge is 2.44. The fourth-order valence-corrected chi connectivity index (χ4v) is 6.60. The zero-order valence-corrected chi connectivity index (χ0v) is 21.7. The fraction of sp³-hybridized carbons (Fsp3) is 0.448. The zero-order valence-electron chi connectivity index (χ0n) is 21.7. The SMILES string of the molecule is CC[C@@]1(O)C(=O)CCc2c1cc1n(c2=O)Cc2c-1nc1cc(F)c(C)c3c1c2[C@@H](NC(=O)C[C@H](C)O)CC3. The summed E-state index contributed by atoms with van der Waals surface area (Å²) < 4.78 is 16.6. The monoisotopic (exact) mass is 519 g/mol. The molecule has 0 spiro atoms. The van der Waals surface area contributed by atoms with Gasteiger partial charge in [-0.1, -0.05) is 6.92 Å². The topological polar surface area (TPSA) is 122 Å². The van der Waals surface area contributed by atoms with Crippen LogP contribution < -0.4 is 10.9 Å². The molecule has 3 atom stereocenters. The van der Waals surface area contributed by atoms with Crippen LogP contribution in [0.25, 0.3) is 22.3 Å². The third-order valence-corrected chi connectivity index (χ3v) is 8.57. The molecule has 0 unspecified atom stereocenters. The van der Waals surface area contributed by atoms with Gasteiger partial charge in [0.25, 0.3) is 5.56 Å². The number of fused-ring (bicyclic) bond motifs is 5. The van der Waals surface area contributed by atoms with Crippen molar-refractivity contribution in [2.24, 2.45) is 0 Å². The molecule has 9 heteroatoms. The Hall–Kier alpha value is -3.43. The average molecular weight is 520 g/mol. The number of carbonyl (C=O) groups is 2. The van der Waals surface area contributed by atoms with E-state index in [4.69, 9.17) is 4.98 Å². The zero-order chi connectivity index (χ0) is 27.1. The quantitative estimate of drug-likeness (QED) is 0.381.